The topological polar surface area (TPSA) is 38.3 Å². The van der Waals surface area contributed by atoms with Gasteiger partial charge in [0.1, 0.15) is 10.6 Å². The highest BCUT2D eigenvalue weighted by atomic mass is 35.5. The van der Waals surface area contributed by atoms with E-state index in [2.05, 4.69) is 5.32 Å². The van der Waals surface area contributed by atoms with Gasteiger partial charge < -0.3 is 10.1 Å². The van der Waals surface area contributed by atoms with Crippen LogP contribution in [0.4, 0.5) is 5.69 Å². The first-order valence-electron chi connectivity index (χ1n) is 7.14. The van der Waals surface area contributed by atoms with Gasteiger partial charge in [-0.25, -0.2) is 0 Å². The van der Waals surface area contributed by atoms with Crippen molar-refractivity contribution in [2.24, 2.45) is 0 Å². The van der Waals surface area contributed by atoms with Gasteiger partial charge in [-0.3, -0.25) is 4.79 Å². The Morgan fingerprint density at radius 2 is 1.96 bits per heavy atom. The van der Waals surface area contributed by atoms with Gasteiger partial charge in [0.2, 0.25) is 0 Å². The lowest BCUT2D eigenvalue weighted by atomic mass is 10.1. The second-order valence-corrected chi connectivity index (χ2v) is 6.81. The highest BCUT2D eigenvalue weighted by Gasteiger charge is 2.18. The predicted octanol–water partition coefficient (Wildman–Crippen LogP) is 5.43. The molecule has 3 rings (SSSR count). The van der Waals surface area contributed by atoms with Gasteiger partial charge in [-0.1, -0.05) is 23.7 Å². The van der Waals surface area contributed by atoms with Crippen molar-refractivity contribution in [2.45, 2.75) is 13.8 Å². The smallest absolute Gasteiger partial charge is 0.267 e. The van der Waals surface area contributed by atoms with Gasteiger partial charge in [0, 0.05) is 15.8 Å². The average Bonchev–Trinajstić information content (AvgIpc) is 2.87. The maximum Gasteiger partial charge on any atom is 0.267 e. The number of fused-ring (bicyclic) bond motifs is 1. The van der Waals surface area contributed by atoms with Crippen molar-refractivity contribution in [1.29, 1.82) is 0 Å². The molecule has 0 aliphatic carbocycles. The third-order valence-corrected chi connectivity index (χ3v) is 5.34. The van der Waals surface area contributed by atoms with E-state index in [0.29, 0.717) is 9.90 Å². The van der Waals surface area contributed by atoms with Crippen LogP contribution < -0.4 is 10.1 Å². The number of carbonyl (C=O) groups is 1. The number of aryl methyl sites for hydroxylation is 2. The number of benzene rings is 2. The van der Waals surface area contributed by atoms with E-state index in [9.17, 15) is 4.79 Å². The summed E-state index contributed by atoms with van der Waals surface area (Å²) in [5.41, 5.74) is 2.92. The van der Waals surface area contributed by atoms with Crippen molar-refractivity contribution < 1.29 is 9.53 Å². The fourth-order valence-corrected chi connectivity index (χ4v) is 3.81. The van der Waals surface area contributed by atoms with Crippen LogP contribution in [-0.4, -0.2) is 13.0 Å². The Bertz CT molecular complexity index is 901. The van der Waals surface area contributed by atoms with Crippen molar-refractivity contribution in [3.63, 3.8) is 0 Å². The number of anilines is 1. The zero-order chi connectivity index (χ0) is 16.6. The number of methoxy groups -OCH3 is 1. The molecule has 1 aromatic heterocycles. The van der Waals surface area contributed by atoms with Gasteiger partial charge >= 0.3 is 0 Å². The molecular weight excluding hydrogens is 330 g/mol. The number of halogens is 1. The first-order chi connectivity index (χ1) is 11.0. The van der Waals surface area contributed by atoms with Crippen LogP contribution in [0.1, 0.15) is 20.8 Å². The third-order valence-electron chi connectivity index (χ3n) is 3.68. The standard InChI is InChI=1S/C18H16ClNO2S/c1-10-4-5-11(2)14(8-10)20-18(21)17-16(19)13-7-6-12(22-3)9-15(13)23-17/h4-9H,1-3H3,(H,20,21). The lowest BCUT2D eigenvalue weighted by Gasteiger charge is -2.08. The lowest BCUT2D eigenvalue weighted by molar-refractivity contribution is 0.103. The third kappa shape index (κ3) is 3.05. The number of hydrogen-bond acceptors (Lipinski definition) is 3. The first kappa shape index (κ1) is 15.8. The van der Waals surface area contributed by atoms with Crippen LogP contribution >= 0.6 is 22.9 Å². The Labute approximate surface area is 143 Å². The molecule has 3 nitrogen and oxygen atoms in total. The number of amides is 1. The summed E-state index contributed by atoms with van der Waals surface area (Å²) < 4.78 is 6.15. The van der Waals surface area contributed by atoms with Crippen molar-refractivity contribution in [2.75, 3.05) is 12.4 Å². The Morgan fingerprint density at radius 1 is 1.17 bits per heavy atom. The first-order valence-corrected chi connectivity index (χ1v) is 8.33. The summed E-state index contributed by atoms with van der Waals surface area (Å²) in [5, 5.41) is 4.30. The van der Waals surface area contributed by atoms with Gasteiger partial charge in [-0.2, -0.15) is 0 Å². The molecule has 1 N–H and O–H groups in total. The summed E-state index contributed by atoms with van der Waals surface area (Å²) >= 11 is 7.76. The molecule has 118 valence electrons. The van der Waals surface area contributed by atoms with E-state index in [-0.39, 0.29) is 5.91 Å². The fourth-order valence-electron chi connectivity index (χ4n) is 2.37. The molecule has 0 unspecified atom stereocenters. The monoisotopic (exact) mass is 345 g/mol. The lowest BCUT2D eigenvalue weighted by Crippen LogP contribution is -2.11. The number of carbonyl (C=O) groups excluding carboxylic acids is 1. The number of rotatable bonds is 3. The SMILES string of the molecule is COc1ccc2c(Cl)c(C(=O)Nc3cc(C)ccc3C)sc2c1. The van der Waals surface area contributed by atoms with Crippen molar-refractivity contribution >= 4 is 44.6 Å². The molecule has 5 heteroatoms. The summed E-state index contributed by atoms with van der Waals surface area (Å²) in [5.74, 6) is 0.556. The quantitative estimate of drug-likeness (QED) is 0.687. The maximum atomic E-state index is 12.6. The molecule has 0 saturated carbocycles. The van der Waals surface area contributed by atoms with E-state index in [1.54, 1.807) is 7.11 Å². The van der Waals surface area contributed by atoms with Crippen molar-refractivity contribution in [3.8, 4) is 5.75 Å². The summed E-state index contributed by atoms with van der Waals surface area (Å²) in [7, 11) is 1.62. The second-order valence-electron chi connectivity index (χ2n) is 5.38. The Balaban J connectivity index is 1.97. The Kier molecular flexibility index (Phi) is 4.28. The molecular formula is C18H16ClNO2S. The van der Waals surface area contributed by atoms with Gasteiger partial charge in [-0.05, 0) is 49.2 Å². The molecule has 0 spiro atoms. The molecule has 1 heterocycles. The van der Waals surface area contributed by atoms with Crippen LogP contribution in [-0.2, 0) is 0 Å². The van der Waals surface area contributed by atoms with Crippen LogP contribution in [0, 0.1) is 13.8 Å². The van der Waals surface area contributed by atoms with E-state index >= 15 is 0 Å². The molecule has 1 amide bonds. The molecule has 0 fully saturated rings. The van der Waals surface area contributed by atoms with Crippen LogP contribution in [0.15, 0.2) is 36.4 Å². The van der Waals surface area contributed by atoms with E-state index in [1.165, 1.54) is 11.3 Å². The molecule has 23 heavy (non-hydrogen) atoms. The molecule has 0 bridgehead atoms. The average molecular weight is 346 g/mol. The Hall–Kier alpha value is -2.04. The number of nitrogens with one attached hydrogen (secondary N) is 1. The van der Waals surface area contributed by atoms with Crippen LogP contribution in [0.5, 0.6) is 5.75 Å². The molecule has 0 aliphatic heterocycles. The summed E-state index contributed by atoms with van der Waals surface area (Å²) in [6.45, 7) is 3.96. The normalized spacial score (nSPS) is 10.8. The van der Waals surface area contributed by atoms with E-state index < -0.39 is 0 Å². The molecule has 3 aromatic rings. The number of thiophene rings is 1. The van der Waals surface area contributed by atoms with E-state index in [4.69, 9.17) is 16.3 Å². The van der Waals surface area contributed by atoms with Crippen molar-refractivity contribution in [3.05, 3.63) is 57.4 Å². The van der Waals surface area contributed by atoms with Gasteiger partial charge in [0.25, 0.3) is 5.91 Å². The summed E-state index contributed by atoms with van der Waals surface area (Å²) in [6, 6.07) is 11.6. The number of ether oxygens (including phenoxy) is 1. The van der Waals surface area contributed by atoms with Crippen LogP contribution in [0.2, 0.25) is 5.02 Å². The van der Waals surface area contributed by atoms with E-state index in [1.807, 2.05) is 50.2 Å². The molecule has 0 aliphatic rings. The second kappa shape index (κ2) is 6.22. The minimum Gasteiger partial charge on any atom is -0.497 e. The highest BCUT2D eigenvalue weighted by Crippen LogP contribution is 2.37. The van der Waals surface area contributed by atoms with Crippen molar-refractivity contribution in [1.82, 2.24) is 0 Å². The maximum absolute atomic E-state index is 12.6. The Morgan fingerprint density at radius 3 is 2.70 bits per heavy atom. The largest absolute Gasteiger partial charge is 0.497 e. The zero-order valence-corrected chi connectivity index (χ0v) is 14.6. The molecule has 0 saturated heterocycles. The number of hydrogen-bond donors (Lipinski definition) is 1. The molecule has 0 atom stereocenters. The minimum atomic E-state index is -0.191. The highest BCUT2D eigenvalue weighted by molar-refractivity contribution is 7.21. The predicted molar refractivity (Wildman–Crippen MR) is 97.3 cm³/mol. The van der Waals surface area contributed by atoms with Gasteiger partial charge in [0.15, 0.2) is 0 Å². The van der Waals surface area contributed by atoms with Crippen LogP contribution in [0.25, 0.3) is 10.1 Å². The fraction of sp³-hybridized carbons (Fsp3) is 0.167. The van der Waals surface area contributed by atoms with E-state index in [0.717, 1.165) is 32.6 Å². The molecule has 0 radical (unpaired) electrons. The molecule has 2 aromatic carbocycles. The van der Waals surface area contributed by atoms with Gasteiger partial charge in [-0.15, -0.1) is 11.3 Å². The zero-order valence-electron chi connectivity index (χ0n) is 13.1. The summed E-state index contributed by atoms with van der Waals surface area (Å²) in [4.78, 5) is 13.1. The van der Waals surface area contributed by atoms with Gasteiger partial charge in [0.05, 0.1) is 12.1 Å². The minimum absolute atomic E-state index is 0.191. The summed E-state index contributed by atoms with van der Waals surface area (Å²) in [6.07, 6.45) is 0. The van der Waals surface area contributed by atoms with Crippen LogP contribution in [0.3, 0.4) is 0 Å².